The van der Waals surface area contributed by atoms with E-state index >= 15 is 0 Å². The second-order valence-corrected chi connectivity index (χ2v) is 5.94. The summed E-state index contributed by atoms with van der Waals surface area (Å²) in [4.78, 5) is -0.0813. The number of nitrogens with two attached hydrogens (primary N) is 1. The first kappa shape index (κ1) is 15.1. The van der Waals surface area contributed by atoms with Gasteiger partial charge in [-0.15, -0.1) is 0 Å². The van der Waals surface area contributed by atoms with Gasteiger partial charge in [-0.25, -0.2) is 17.5 Å². The van der Waals surface area contributed by atoms with Crippen molar-refractivity contribution in [3.63, 3.8) is 0 Å². The molecule has 0 radical (unpaired) electrons. The molecule has 0 fully saturated rings. The molecule has 1 rings (SSSR count). The molecule has 0 aliphatic heterocycles. The van der Waals surface area contributed by atoms with Gasteiger partial charge < -0.3 is 5.73 Å². The van der Waals surface area contributed by atoms with E-state index in [4.69, 9.17) is 5.73 Å². The van der Waals surface area contributed by atoms with Crippen LogP contribution in [0.4, 0.5) is 4.39 Å². The normalized spacial score (nSPS) is 12.7. The fraction of sp³-hybridized carbons (Fsp3) is 0.500. The topological polar surface area (TPSA) is 72.2 Å². The third-order valence-electron chi connectivity index (χ3n) is 3.20. The summed E-state index contributed by atoms with van der Waals surface area (Å²) in [7, 11) is -3.75. The van der Waals surface area contributed by atoms with Gasteiger partial charge in [-0.05, 0) is 31.0 Å². The number of halogens is 1. The molecule has 1 aromatic carbocycles. The molecule has 18 heavy (non-hydrogen) atoms. The van der Waals surface area contributed by atoms with E-state index in [0.717, 1.165) is 6.07 Å². The maximum Gasteiger partial charge on any atom is 0.241 e. The van der Waals surface area contributed by atoms with E-state index < -0.39 is 21.4 Å². The standard InChI is InChI=1S/C12H19FN2O2S/c1-3-12(4-2,9-14)15-18(16,17)11-7-5-6-10(13)8-11/h5-8,15H,3-4,9,14H2,1-2H3. The highest BCUT2D eigenvalue weighted by molar-refractivity contribution is 7.89. The lowest BCUT2D eigenvalue weighted by atomic mass is 9.95. The Morgan fingerprint density at radius 1 is 1.33 bits per heavy atom. The lowest BCUT2D eigenvalue weighted by Crippen LogP contribution is -2.52. The van der Waals surface area contributed by atoms with Crippen LogP contribution in [0.25, 0.3) is 0 Å². The summed E-state index contributed by atoms with van der Waals surface area (Å²) in [6, 6.07) is 4.92. The Kier molecular flexibility index (Phi) is 4.84. The molecule has 6 heteroatoms. The summed E-state index contributed by atoms with van der Waals surface area (Å²) < 4.78 is 39.9. The molecule has 0 atom stereocenters. The fourth-order valence-electron chi connectivity index (χ4n) is 1.70. The van der Waals surface area contributed by atoms with Gasteiger partial charge in [0.25, 0.3) is 0 Å². The van der Waals surface area contributed by atoms with Gasteiger partial charge >= 0.3 is 0 Å². The molecule has 0 bridgehead atoms. The minimum absolute atomic E-state index is 0.0813. The Bertz CT molecular complexity index is 490. The summed E-state index contributed by atoms with van der Waals surface area (Å²) in [5, 5.41) is 0. The van der Waals surface area contributed by atoms with Crippen molar-refractivity contribution in [3.05, 3.63) is 30.1 Å². The maximum absolute atomic E-state index is 13.1. The van der Waals surface area contributed by atoms with Crippen molar-refractivity contribution in [2.45, 2.75) is 37.1 Å². The summed E-state index contributed by atoms with van der Waals surface area (Å²) in [5.74, 6) is -0.579. The van der Waals surface area contributed by atoms with E-state index in [0.29, 0.717) is 12.8 Å². The zero-order valence-electron chi connectivity index (χ0n) is 10.6. The summed E-state index contributed by atoms with van der Waals surface area (Å²) in [6.45, 7) is 3.93. The van der Waals surface area contributed by atoms with Crippen LogP contribution in [0.2, 0.25) is 0 Å². The van der Waals surface area contributed by atoms with Gasteiger partial charge in [0.2, 0.25) is 10.0 Å². The van der Waals surface area contributed by atoms with E-state index in [1.807, 2.05) is 13.8 Å². The van der Waals surface area contributed by atoms with Crippen LogP contribution in [-0.4, -0.2) is 20.5 Å². The van der Waals surface area contributed by atoms with Gasteiger partial charge in [-0.3, -0.25) is 0 Å². The molecular formula is C12H19FN2O2S. The number of benzene rings is 1. The SMILES string of the molecule is CCC(CC)(CN)NS(=O)(=O)c1cccc(F)c1. The molecule has 0 spiro atoms. The third kappa shape index (κ3) is 3.28. The van der Waals surface area contributed by atoms with Crippen LogP contribution in [-0.2, 0) is 10.0 Å². The van der Waals surface area contributed by atoms with Crippen molar-refractivity contribution in [1.29, 1.82) is 0 Å². The molecule has 0 aromatic heterocycles. The van der Waals surface area contributed by atoms with Gasteiger partial charge in [-0.1, -0.05) is 19.9 Å². The second kappa shape index (κ2) is 5.77. The number of hydrogen-bond donors (Lipinski definition) is 2. The predicted octanol–water partition coefficient (Wildman–Crippen LogP) is 1.62. The Hall–Kier alpha value is -0.980. The van der Waals surface area contributed by atoms with Crippen LogP contribution in [0.15, 0.2) is 29.2 Å². The number of nitrogens with one attached hydrogen (secondary N) is 1. The van der Waals surface area contributed by atoms with E-state index in [2.05, 4.69) is 4.72 Å². The highest BCUT2D eigenvalue weighted by Gasteiger charge is 2.30. The minimum atomic E-state index is -3.75. The van der Waals surface area contributed by atoms with Crippen molar-refractivity contribution in [2.24, 2.45) is 5.73 Å². The zero-order valence-corrected chi connectivity index (χ0v) is 11.4. The Balaban J connectivity index is 3.08. The summed E-state index contributed by atoms with van der Waals surface area (Å²) >= 11 is 0. The molecule has 4 nitrogen and oxygen atoms in total. The molecule has 3 N–H and O–H groups in total. The van der Waals surface area contributed by atoms with Crippen molar-refractivity contribution in [1.82, 2.24) is 4.72 Å². The first-order valence-corrected chi connectivity index (χ1v) is 7.37. The molecule has 0 amide bonds. The average molecular weight is 274 g/mol. The Labute approximate surface area is 107 Å². The van der Waals surface area contributed by atoms with E-state index in [1.165, 1.54) is 18.2 Å². The highest BCUT2D eigenvalue weighted by atomic mass is 32.2. The fourth-order valence-corrected chi connectivity index (χ4v) is 3.29. The quantitative estimate of drug-likeness (QED) is 0.828. The average Bonchev–Trinajstić information content (AvgIpc) is 2.36. The van der Waals surface area contributed by atoms with Gasteiger partial charge in [0.05, 0.1) is 4.90 Å². The Morgan fingerprint density at radius 3 is 2.39 bits per heavy atom. The number of sulfonamides is 1. The first-order valence-electron chi connectivity index (χ1n) is 5.89. The molecule has 0 saturated heterocycles. The van der Waals surface area contributed by atoms with Crippen LogP contribution < -0.4 is 10.5 Å². The lowest BCUT2D eigenvalue weighted by molar-refractivity contribution is 0.363. The van der Waals surface area contributed by atoms with Gasteiger partial charge in [0.15, 0.2) is 0 Å². The molecule has 0 saturated carbocycles. The summed E-state index contributed by atoms with van der Waals surface area (Å²) in [6.07, 6.45) is 1.16. The molecule has 102 valence electrons. The molecular weight excluding hydrogens is 255 g/mol. The van der Waals surface area contributed by atoms with Crippen LogP contribution in [0.5, 0.6) is 0 Å². The van der Waals surface area contributed by atoms with Crippen LogP contribution >= 0.6 is 0 Å². The lowest BCUT2D eigenvalue weighted by Gasteiger charge is -2.30. The molecule has 0 heterocycles. The zero-order chi connectivity index (χ0) is 13.8. The van der Waals surface area contributed by atoms with Gasteiger partial charge in [-0.2, -0.15) is 0 Å². The third-order valence-corrected chi connectivity index (χ3v) is 4.78. The van der Waals surface area contributed by atoms with Crippen LogP contribution in [0.1, 0.15) is 26.7 Å². The largest absolute Gasteiger partial charge is 0.329 e. The van der Waals surface area contributed by atoms with Gasteiger partial charge in [0, 0.05) is 12.1 Å². The smallest absolute Gasteiger partial charge is 0.241 e. The van der Waals surface area contributed by atoms with Crippen molar-refractivity contribution >= 4 is 10.0 Å². The highest BCUT2D eigenvalue weighted by Crippen LogP contribution is 2.19. The second-order valence-electron chi connectivity index (χ2n) is 4.25. The maximum atomic E-state index is 13.1. The van der Waals surface area contributed by atoms with Crippen LogP contribution in [0.3, 0.4) is 0 Å². The minimum Gasteiger partial charge on any atom is -0.329 e. The van der Waals surface area contributed by atoms with Crippen LogP contribution in [0, 0.1) is 5.82 Å². The van der Waals surface area contributed by atoms with E-state index in [-0.39, 0.29) is 11.4 Å². The van der Waals surface area contributed by atoms with Gasteiger partial charge in [0.1, 0.15) is 5.82 Å². The molecule has 0 aliphatic carbocycles. The number of rotatable bonds is 6. The van der Waals surface area contributed by atoms with Crippen molar-refractivity contribution in [3.8, 4) is 0 Å². The summed E-state index contributed by atoms with van der Waals surface area (Å²) in [5.41, 5.74) is 4.97. The first-order chi connectivity index (χ1) is 8.39. The van der Waals surface area contributed by atoms with Crippen molar-refractivity contribution < 1.29 is 12.8 Å². The van der Waals surface area contributed by atoms with E-state index in [1.54, 1.807) is 0 Å². The monoisotopic (exact) mass is 274 g/mol. The predicted molar refractivity (Wildman–Crippen MR) is 69.1 cm³/mol. The molecule has 0 aliphatic rings. The van der Waals surface area contributed by atoms with E-state index in [9.17, 15) is 12.8 Å². The Morgan fingerprint density at radius 2 is 1.94 bits per heavy atom. The van der Waals surface area contributed by atoms with Crippen molar-refractivity contribution in [2.75, 3.05) is 6.54 Å². The molecule has 1 aromatic rings. The number of hydrogen-bond acceptors (Lipinski definition) is 3. The molecule has 0 unspecified atom stereocenters.